The zero-order chi connectivity index (χ0) is 8.97. The van der Waals surface area contributed by atoms with Gasteiger partial charge in [0.05, 0.1) is 6.42 Å². The van der Waals surface area contributed by atoms with Crippen molar-refractivity contribution in [2.24, 2.45) is 5.73 Å². The molecule has 0 aliphatic carbocycles. The van der Waals surface area contributed by atoms with Crippen LogP contribution in [0.15, 0.2) is 24.4 Å². The summed E-state index contributed by atoms with van der Waals surface area (Å²) in [6.07, 6.45) is 2.34. The van der Waals surface area contributed by atoms with Gasteiger partial charge < -0.3 is 5.73 Å². The van der Waals surface area contributed by atoms with Gasteiger partial charge in [-0.2, -0.15) is 0 Å². The molecule has 0 aromatic carbocycles. The van der Waals surface area contributed by atoms with Crippen LogP contribution in [0.2, 0.25) is 0 Å². The third-order valence-electron chi connectivity index (χ3n) is 1.77. The number of primary amides is 1. The Morgan fingerprint density at radius 2 is 2.23 bits per heavy atom. The third kappa shape index (κ3) is 3.90. The molecule has 0 aliphatic heterocycles. The maximum absolute atomic E-state index is 10.5. The second kappa shape index (κ2) is 5.54. The molecule has 0 saturated heterocycles. The predicted molar refractivity (Wildman–Crippen MR) is 52.4 cm³/mol. The zero-order valence-corrected chi connectivity index (χ0v) is 8.38. The maximum Gasteiger partial charge on any atom is 0.223 e. The predicted octanol–water partition coefficient (Wildman–Crippen LogP) is 0.580. The summed E-state index contributed by atoms with van der Waals surface area (Å²) in [4.78, 5) is 10.5. The molecule has 72 valence electrons. The van der Waals surface area contributed by atoms with E-state index in [4.69, 9.17) is 5.73 Å². The lowest BCUT2D eigenvalue weighted by molar-refractivity contribution is -0.701. The van der Waals surface area contributed by atoms with Crippen LogP contribution in [0.4, 0.5) is 0 Å². The largest absolute Gasteiger partial charge is 0.369 e. The Labute approximate surface area is 84.0 Å². The molecule has 0 radical (unpaired) electrons. The van der Waals surface area contributed by atoms with E-state index in [1.54, 1.807) is 0 Å². The van der Waals surface area contributed by atoms with Crippen LogP contribution in [0, 0.1) is 6.92 Å². The molecular weight excluding hydrogens is 188 g/mol. The summed E-state index contributed by atoms with van der Waals surface area (Å²) < 4.78 is 2.00. The van der Waals surface area contributed by atoms with Gasteiger partial charge in [-0.3, -0.25) is 4.79 Å². The average molecular weight is 202 g/mol. The van der Waals surface area contributed by atoms with Gasteiger partial charge in [-0.05, 0) is 0 Å². The number of pyridine rings is 1. The lowest BCUT2D eigenvalue weighted by atomic mass is 10.3. The van der Waals surface area contributed by atoms with Gasteiger partial charge in [0, 0.05) is 19.1 Å². The van der Waals surface area contributed by atoms with E-state index in [9.17, 15) is 4.79 Å². The first kappa shape index (κ1) is 11.9. The first-order valence-corrected chi connectivity index (χ1v) is 3.93. The molecule has 3 nitrogen and oxygen atoms in total. The normalized spacial score (nSPS) is 9.00. The standard InChI is InChI=1S/C9H12N2O.ClH/c1-8-4-2-3-6-11(8)7-5-9(10)12;/h2-4,6H,5,7H2,1H3,(H-,10,12);1H/p+1. The maximum atomic E-state index is 10.5. The molecule has 4 heteroatoms. The second-order valence-corrected chi connectivity index (χ2v) is 2.75. The first-order valence-electron chi connectivity index (χ1n) is 3.93. The van der Waals surface area contributed by atoms with Crippen LogP contribution < -0.4 is 10.3 Å². The highest BCUT2D eigenvalue weighted by Crippen LogP contribution is 1.88. The monoisotopic (exact) mass is 201 g/mol. The van der Waals surface area contributed by atoms with E-state index in [-0.39, 0.29) is 18.3 Å². The second-order valence-electron chi connectivity index (χ2n) is 2.75. The minimum absolute atomic E-state index is 0. The highest BCUT2D eigenvalue weighted by atomic mass is 35.5. The highest BCUT2D eigenvalue weighted by Gasteiger charge is 2.05. The topological polar surface area (TPSA) is 47.0 Å². The van der Waals surface area contributed by atoms with Crippen LogP contribution in [-0.4, -0.2) is 5.91 Å². The molecule has 1 amide bonds. The molecule has 0 saturated carbocycles. The molecule has 0 fully saturated rings. The number of halogens is 1. The number of nitrogens with two attached hydrogens (primary N) is 1. The van der Waals surface area contributed by atoms with Crippen molar-refractivity contribution in [3.8, 4) is 0 Å². The smallest absolute Gasteiger partial charge is 0.223 e. The summed E-state index contributed by atoms with van der Waals surface area (Å²) in [7, 11) is 0. The van der Waals surface area contributed by atoms with Crippen molar-refractivity contribution in [1.82, 2.24) is 0 Å². The molecule has 0 spiro atoms. The molecule has 0 atom stereocenters. The number of hydrogen-bond donors (Lipinski definition) is 1. The van der Waals surface area contributed by atoms with Crippen molar-refractivity contribution in [1.29, 1.82) is 0 Å². The quantitative estimate of drug-likeness (QED) is 0.715. The Kier molecular flexibility index (Phi) is 5.07. The van der Waals surface area contributed by atoms with E-state index in [1.807, 2.05) is 35.9 Å². The van der Waals surface area contributed by atoms with E-state index in [1.165, 1.54) is 0 Å². The SMILES string of the molecule is Cc1cccc[n+]1CCC(N)=O.Cl. The molecule has 1 rings (SSSR count). The van der Waals surface area contributed by atoms with E-state index in [0.29, 0.717) is 13.0 Å². The van der Waals surface area contributed by atoms with Gasteiger partial charge in [0.1, 0.15) is 0 Å². The van der Waals surface area contributed by atoms with Gasteiger partial charge >= 0.3 is 0 Å². The van der Waals surface area contributed by atoms with Crippen LogP contribution in [-0.2, 0) is 11.3 Å². The summed E-state index contributed by atoms with van der Waals surface area (Å²) in [5.74, 6) is -0.259. The van der Waals surface area contributed by atoms with E-state index in [2.05, 4.69) is 0 Å². The summed E-state index contributed by atoms with van der Waals surface area (Å²) in [5, 5.41) is 0. The summed E-state index contributed by atoms with van der Waals surface area (Å²) >= 11 is 0. The molecule has 1 aromatic heterocycles. The molecule has 0 unspecified atom stereocenters. The fourth-order valence-corrected chi connectivity index (χ4v) is 1.04. The lowest BCUT2D eigenvalue weighted by Gasteiger charge is -1.96. The van der Waals surface area contributed by atoms with Gasteiger partial charge in [0.2, 0.25) is 5.91 Å². The van der Waals surface area contributed by atoms with Gasteiger partial charge in [0.25, 0.3) is 0 Å². The first-order chi connectivity index (χ1) is 5.70. The Morgan fingerprint density at radius 3 is 2.77 bits per heavy atom. The van der Waals surface area contributed by atoms with Gasteiger partial charge in [-0.25, -0.2) is 4.57 Å². The number of carbonyl (C=O) groups is 1. The Balaban J connectivity index is 0.00000144. The van der Waals surface area contributed by atoms with Crippen molar-refractivity contribution >= 4 is 18.3 Å². The lowest BCUT2D eigenvalue weighted by Crippen LogP contribution is -2.38. The Bertz CT molecular complexity index is 289. The Hall–Kier alpha value is -1.09. The van der Waals surface area contributed by atoms with E-state index in [0.717, 1.165) is 5.69 Å². The highest BCUT2D eigenvalue weighted by molar-refractivity contribution is 5.85. The summed E-state index contributed by atoms with van der Waals surface area (Å²) in [5.41, 5.74) is 6.18. The van der Waals surface area contributed by atoms with Crippen molar-refractivity contribution < 1.29 is 9.36 Å². The van der Waals surface area contributed by atoms with Crippen molar-refractivity contribution in [2.45, 2.75) is 19.9 Å². The van der Waals surface area contributed by atoms with Gasteiger partial charge in [-0.1, -0.05) is 6.07 Å². The van der Waals surface area contributed by atoms with Gasteiger partial charge in [-0.15, -0.1) is 12.4 Å². The van der Waals surface area contributed by atoms with Gasteiger partial charge in [0.15, 0.2) is 18.4 Å². The van der Waals surface area contributed by atoms with Crippen LogP contribution in [0.3, 0.4) is 0 Å². The van der Waals surface area contributed by atoms with Crippen LogP contribution in [0.25, 0.3) is 0 Å². The number of hydrogen-bond acceptors (Lipinski definition) is 1. The van der Waals surface area contributed by atoms with Crippen LogP contribution in [0.5, 0.6) is 0 Å². The minimum Gasteiger partial charge on any atom is -0.369 e. The van der Waals surface area contributed by atoms with E-state index < -0.39 is 0 Å². The number of carbonyl (C=O) groups excluding carboxylic acids is 1. The molecular formula is C9H14ClN2O+. The summed E-state index contributed by atoms with van der Waals surface area (Å²) in [6, 6.07) is 5.91. The molecule has 0 aliphatic rings. The fraction of sp³-hybridized carbons (Fsp3) is 0.333. The third-order valence-corrected chi connectivity index (χ3v) is 1.77. The molecule has 0 bridgehead atoms. The average Bonchev–Trinajstić information content (AvgIpc) is 2.03. The van der Waals surface area contributed by atoms with Crippen LogP contribution >= 0.6 is 12.4 Å². The van der Waals surface area contributed by atoms with Crippen LogP contribution in [0.1, 0.15) is 12.1 Å². The summed E-state index contributed by atoms with van der Waals surface area (Å²) in [6.45, 7) is 2.67. The molecule has 1 aromatic rings. The zero-order valence-electron chi connectivity index (χ0n) is 7.56. The number of aromatic nitrogens is 1. The van der Waals surface area contributed by atoms with Crippen molar-refractivity contribution in [3.63, 3.8) is 0 Å². The fourth-order valence-electron chi connectivity index (χ4n) is 1.04. The van der Waals surface area contributed by atoms with E-state index >= 15 is 0 Å². The minimum atomic E-state index is -0.259. The number of aryl methyl sites for hydroxylation is 2. The number of amides is 1. The number of rotatable bonds is 3. The molecule has 2 N–H and O–H groups in total. The Morgan fingerprint density at radius 1 is 1.54 bits per heavy atom. The van der Waals surface area contributed by atoms with Crippen molar-refractivity contribution in [2.75, 3.05) is 0 Å². The van der Waals surface area contributed by atoms with Crippen molar-refractivity contribution in [3.05, 3.63) is 30.1 Å². The molecule has 13 heavy (non-hydrogen) atoms. The number of nitrogens with zero attached hydrogens (tertiary/aromatic N) is 1. The molecule has 1 heterocycles.